The van der Waals surface area contributed by atoms with Crippen molar-refractivity contribution in [2.24, 2.45) is 0 Å². The second-order valence-electron chi connectivity index (χ2n) is 8.33. The number of nitrogens with zero attached hydrogens (tertiary/aromatic N) is 2. The Balaban J connectivity index is 1.49. The highest BCUT2D eigenvalue weighted by atomic mass is 16.5. The maximum absolute atomic E-state index is 13.1. The van der Waals surface area contributed by atoms with Crippen molar-refractivity contribution in [3.8, 4) is 17.0 Å². The fourth-order valence-corrected chi connectivity index (χ4v) is 3.91. The van der Waals surface area contributed by atoms with Crippen molar-refractivity contribution in [2.45, 2.75) is 26.4 Å². The molecule has 2 heterocycles. The number of rotatable bonds is 8. The predicted molar refractivity (Wildman–Crippen MR) is 127 cm³/mol. The Labute approximate surface area is 189 Å². The Morgan fingerprint density at radius 2 is 1.88 bits per heavy atom. The Morgan fingerprint density at radius 3 is 2.62 bits per heavy atom. The quantitative estimate of drug-likeness (QED) is 0.541. The van der Waals surface area contributed by atoms with Gasteiger partial charge in [0.2, 0.25) is 0 Å². The summed E-state index contributed by atoms with van der Waals surface area (Å²) in [5.41, 5.74) is 3.19. The third-order valence-corrected chi connectivity index (χ3v) is 5.52. The molecule has 1 aliphatic heterocycles. The molecule has 3 aromatic rings. The zero-order valence-electron chi connectivity index (χ0n) is 18.8. The fourth-order valence-electron chi connectivity index (χ4n) is 3.91. The van der Waals surface area contributed by atoms with Gasteiger partial charge in [-0.15, -0.1) is 0 Å². The molecule has 0 spiro atoms. The zero-order chi connectivity index (χ0) is 22.3. The van der Waals surface area contributed by atoms with Crippen LogP contribution in [0.3, 0.4) is 0 Å². The van der Waals surface area contributed by atoms with E-state index in [1.165, 1.54) is 0 Å². The summed E-state index contributed by atoms with van der Waals surface area (Å²) in [6.45, 7) is 9.14. The molecule has 1 aliphatic rings. The van der Waals surface area contributed by atoms with Crippen molar-refractivity contribution in [3.05, 3.63) is 60.2 Å². The van der Waals surface area contributed by atoms with Crippen LogP contribution in [-0.4, -0.2) is 61.3 Å². The predicted octanol–water partition coefficient (Wildman–Crippen LogP) is 4.14. The van der Waals surface area contributed by atoms with Crippen molar-refractivity contribution in [2.75, 3.05) is 39.4 Å². The summed E-state index contributed by atoms with van der Waals surface area (Å²) < 4.78 is 11.1. The normalized spacial score (nSPS) is 14.6. The SMILES string of the molecule is CC(C)Oc1ccc(-c2cc(C(=O)NCCCN3CCOCC3)c3ccccc3n2)cc1. The molecule has 1 N–H and O–H groups in total. The van der Waals surface area contributed by atoms with E-state index in [2.05, 4.69) is 10.2 Å². The monoisotopic (exact) mass is 433 g/mol. The third-order valence-electron chi connectivity index (χ3n) is 5.52. The summed E-state index contributed by atoms with van der Waals surface area (Å²) >= 11 is 0. The second kappa shape index (κ2) is 10.6. The molecule has 1 saturated heterocycles. The maximum atomic E-state index is 13.1. The molecule has 0 saturated carbocycles. The number of morpholine rings is 1. The van der Waals surface area contributed by atoms with Crippen LogP contribution < -0.4 is 10.1 Å². The van der Waals surface area contributed by atoms with Crippen LogP contribution in [0.4, 0.5) is 0 Å². The lowest BCUT2D eigenvalue weighted by molar-refractivity contribution is 0.0374. The number of para-hydroxylation sites is 1. The van der Waals surface area contributed by atoms with E-state index in [0.29, 0.717) is 12.1 Å². The number of ether oxygens (including phenoxy) is 2. The van der Waals surface area contributed by atoms with Crippen molar-refractivity contribution < 1.29 is 14.3 Å². The number of carbonyl (C=O) groups excluding carboxylic acids is 1. The molecular weight excluding hydrogens is 402 g/mol. The second-order valence-corrected chi connectivity index (χ2v) is 8.33. The van der Waals surface area contributed by atoms with Gasteiger partial charge in [0.25, 0.3) is 5.91 Å². The lowest BCUT2D eigenvalue weighted by Crippen LogP contribution is -2.38. The zero-order valence-corrected chi connectivity index (χ0v) is 18.8. The number of pyridine rings is 1. The summed E-state index contributed by atoms with van der Waals surface area (Å²) in [5, 5.41) is 3.96. The van der Waals surface area contributed by atoms with Crippen molar-refractivity contribution in [1.29, 1.82) is 0 Å². The highest BCUT2D eigenvalue weighted by Crippen LogP contribution is 2.26. The fraction of sp³-hybridized carbons (Fsp3) is 0.385. The van der Waals surface area contributed by atoms with Gasteiger partial charge >= 0.3 is 0 Å². The molecule has 2 aromatic carbocycles. The van der Waals surface area contributed by atoms with Crippen LogP contribution in [0.5, 0.6) is 5.75 Å². The minimum absolute atomic E-state index is 0.0633. The summed E-state index contributed by atoms with van der Waals surface area (Å²) in [4.78, 5) is 20.3. The van der Waals surface area contributed by atoms with Crippen LogP contribution in [-0.2, 0) is 4.74 Å². The molecule has 6 nitrogen and oxygen atoms in total. The first kappa shape index (κ1) is 22.2. The number of carbonyl (C=O) groups is 1. The molecule has 1 fully saturated rings. The molecule has 6 heteroatoms. The first-order valence-electron chi connectivity index (χ1n) is 11.4. The summed E-state index contributed by atoms with van der Waals surface area (Å²) in [6.07, 6.45) is 1.04. The van der Waals surface area contributed by atoms with Crippen LogP contribution >= 0.6 is 0 Å². The largest absolute Gasteiger partial charge is 0.491 e. The Morgan fingerprint density at radius 1 is 1.12 bits per heavy atom. The molecule has 0 atom stereocenters. The molecule has 168 valence electrons. The Bertz CT molecular complexity index is 1040. The van der Waals surface area contributed by atoms with Crippen LogP contribution in [0.1, 0.15) is 30.6 Å². The van der Waals surface area contributed by atoms with Gasteiger partial charge in [-0.05, 0) is 63.2 Å². The number of aromatic nitrogens is 1. The van der Waals surface area contributed by atoms with Gasteiger partial charge in [-0.25, -0.2) is 4.98 Å². The standard InChI is InChI=1S/C26H31N3O3/c1-19(2)32-21-10-8-20(9-11-21)25-18-23(22-6-3-4-7-24(22)28-25)26(30)27-12-5-13-29-14-16-31-17-15-29/h3-4,6-11,18-19H,5,12-17H2,1-2H3,(H,27,30). The van der Waals surface area contributed by atoms with Crippen molar-refractivity contribution in [1.82, 2.24) is 15.2 Å². The number of benzene rings is 2. The lowest BCUT2D eigenvalue weighted by atomic mass is 10.0. The molecule has 32 heavy (non-hydrogen) atoms. The minimum atomic E-state index is -0.0633. The van der Waals surface area contributed by atoms with Gasteiger partial charge in [0.05, 0.1) is 36.1 Å². The van der Waals surface area contributed by atoms with Gasteiger partial charge in [-0.1, -0.05) is 18.2 Å². The van der Waals surface area contributed by atoms with E-state index < -0.39 is 0 Å². The third kappa shape index (κ3) is 5.64. The van der Waals surface area contributed by atoms with E-state index in [9.17, 15) is 4.79 Å². The molecular formula is C26H31N3O3. The van der Waals surface area contributed by atoms with Crippen molar-refractivity contribution >= 4 is 16.8 Å². The molecule has 0 bridgehead atoms. The summed E-state index contributed by atoms with van der Waals surface area (Å²) in [5.74, 6) is 0.759. The van der Waals surface area contributed by atoms with Gasteiger partial charge in [0.15, 0.2) is 0 Å². The average molecular weight is 434 g/mol. The molecule has 1 amide bonds. The van der Waals surface area contributed by atoms with Gasteiger partial charge < -0.3 is 14.8 Å². The number of hydrogen-bond donors (Lipinski definition) is 1. The van der Waals surface area contributed by atoms with Gasteiger partial charge in [0, 0.05) is 30.6 Å². The molecule has 0 unspecified atom stereocenters. The first-order valence-corrected chi connectivity index (χ1v) is 11.4. The highest BCUT2D eigenvalue weighted by Gasteiger charge is 2.15. The smallest absolute Gasteiger partial charge is 0.252 e. The Hall–Kier alpha value is -2.96. The Kier molecular flexibility index (Phi) is 7.35. The summed E-state index contributed by atoms with van der Waals surface area (Å²) in [6, 6.07) is 17.5. The maximum Gasteiger partial charge on any atom is 0.252 e. The lowest BCUT2D eigenvalue weighted by Gasteiger charge is -2.26. The van der Waals surface area contributed by atoms with Crippen LogP contribution in [0, 0.1) is 0 Å². The van der Waals surface area contributed by atoms with Crippen LogP contribution in [0.25, 0.3) is 22.2 Å². The van der Waals surface area contributed by atoms with E-state index in [1.807, 2.05) is 68.4 Å². The highest BCUT2D eigenvalue weighted by molar-refractivity contribution is 6.07. The van der Waals surface area contributed by atoms with Crippen LogP contribution in [0.2, 0.25) is 0 Å². The summed E-state index contributed by atoms with van der Waals surface area (Å²) in [7, 11) is 0. The van der Waals surface area contributed by atoms with Gasteiger partial charge in [-0.2, -0.15) is 0 Å². The van der Waals surface area contributed by atoms with Crippen LogP contribution in [0.15, 0.2) is 54.6 Å². The number of fused-ring (bicyclic) bond motifs is 1. The average Bonchev–Trinajstić information content (AvgIpc) is 2.82. The number of amides is 1. The van der Waals surface area contributed by atoms with E-state index in [0.717, 1.165) is 67.2 Å². The number of nitrogens with one attached hydrogen (secondary N) is 1. The van der Waals surface area contributed by atoms with E-state index in [-0.39, 0.29) is 12.0 Å². The topological polar surface area (TPSA) is 63.7 Å². The van der Waals surface area contributed by atoms with E-state index in [1.54, 1.807) is 0 Å². The molecule has 0 aliphatic carbocycles. The minimum Gasteiger partial charge on any atom is -0.491 e. The van der Waals surface area contributed by atoms with E-state index >= 15 is 0 Å². The molecule has 0 radical (unpaired) electrons. The molecule has 1 aromatic heterocycles. The van der Waals surface area contributed by atoms with E-state index in [4.69, 9.17) is 14.5 Å². The first-order chi connectivity index (χ1) is 15.6. The molecule has 4 rings (SSSR count). The number of hydrogen-bond acceptors (Lipinski definition) is 5. The van der Waals surface area contributed by atoms with Gasteiger partial charge in [-0.3, -0.25) is 9.69 Å². The van der Waals surface area contributed by atoms with Gasteiger partial charge in [0.1, 0.15) is 5.75 Å². The van der Waals surface area contributed by atoms with Crippen molar-refractivity contribution in [3.63, 3.8) is 0 Å².